The molecule has 3 rings (SSSR count). The highest BCUT2D eigenvalue weighted by molar-refractivity contribution is 6.07. The average Bonchev–Trinajstić information content (AvgIpc) is 2.96. The van der Waals surface area contributed by atoms with Gasteiger partial charge in [-0.15, -0.1) is 0 Å². The highest BCUT2D eigenvalue weighted by Crippen LogP contribution is 2.14. The zero-order valence-electron chi connectivity index (χ0n) is 11.5. The molecule has 2 aromatic carbocycles. The van der Waals surface area contributed by atoms with Gasteiger partial charge in [-0.25, -0.2) is 4.39 Å². The molecular weight excluding hydrogens is 267 g/mol. The van der Waals surface area contributed by atoms with E-state index in [4.69, 9.17) is 0 Å². The summed E-state index contributed by atoms with van der Waals surface area (Å²) in [6, 6.07) is 15.6. The Hall–Kier alpha value is -2.49. The van der Waals surface area contributed by atoms with Crippen molar-refractivity contribution in [3.05, 3.63) is 71.5 Å². The van der Waals surface area contributed by atoms with Crippen molar-refractivity contribution in [1.82, 2.24) is 4.90 Å². The number of aliphatic imine (C=N–C) groups is 1. The van der Waals surface area contributed by atoms with Crippen LogP contribution in [0.15, 0.2) is 59.6 Å². The second kappa shape index (κ2) is 5.87. The van der Waals surface area contributed by atoms with Crippen LogP contribution in [-0.2, 0) is 6.42 Å². The van der Waals surface area contributed by atoms with Crippen LogP contribution in [-0.4, -0.2) is 29.7 Å². The molecule has 0 spiro atoms. The summed E-state index contributed by atoms with van der Waals surface area (Å²) in [5.74, 6) is 0.309. The third-order valence-corrected chi connectivity index (χ3v) is 3.47. The van der Waals surface area contributed by atoms with Gasteiger partial charge in [-0.3, -0.25) is 14.7 Å². The molecule has 0 atom stereocenters. The lowest BCUT2D eigenvalue weighted by molar-refractivity contribution is 0.0856. The Morgan fingerprint density at radius 2 is 1.81 bits per heavy atom. The number of halogens is 1. The van der Waals surface area contributed by atoms with E-state index in [0.29, 0.717) is 25.1 Å². The van der Waals surface area contributed by atoms with Gasteiger partial charge in [-0.05, 0) is 29.8 Å². The number of rotatable bonds is 3. The Bertz CT molecular complexity index is 665. The first-order valence-electron chi connectivity index (χ1n) is 6.89. The molecule has 1 aliphatic rings. The summed E-state index contributed by atoms with van der Waals surface area (Å²) < 4.78 is 12.9. The molecule has 1 aliphatic heterocycles. The fraction of sp³-hybridized carbons (Fsp3) is 0.176. The Kier molecular flexibility index (Phi) is 3.77. The molecule has 4 heteroatoms. The standard InChI is InChI=1S/C17H15FN2O/c18-15-8-6-14(7-9-15)17(21)20-11-10-19-16(20)12-13-4-2-1-3-5-13/h1-9H,10-12H2. The lowest BCUT2D eigenvalue weighted by Gasteiger charge is -2.18. The molecule has 21 heavy (non-hydrogen) atoms. The molecule has 0 saturated carbocycles. The van der Waals surface area contributed by atoms with Crippen molar-refractivity contribution in [2.24, 2.45) is 4.99 Å². The molecule has 3 nitrogen and oxygen atoms in total. The molecule has 0 bridgehead atoms. The number of hydrogen-bond acceptors (Lipinski definition) is 2. The number of amidine groups is 1. The average molecular weight is 282 g/mol. The molecule has 0 saturated heterocycles. The first-order valence-corrected chi connectivity index (χ1v) is 6.89. The maximum atomic E-state index is 12.9. The number of benzene rings is 2. The molecule has 1 heterocycles. The van der Waals surface area contributed by atoms with E-state index in [-0.39, 0.29) is 11.7 Å². The number of carbonyl (C=O) groups is 1. The minimum atomic E-state index is -0.342. The first kappa shape index (κ1) is 13.5. The molecule has 2 aromatic rings. The predicted molar refractivity (Wildman–Crippen MR) is 79.9 cm³/mol. The maximum absolute atomic E-state index is 12.9. The first-order chi connectivity index (χ1) is 10.2. The van der Waals surface area contributed by atoms with E-state index in [2.05, 4.69) is 4.99 Å². The van der Waals surface area contributed by atoms with E-state index in [1.807, 2.05) is 30.3 Å². The molecule has 0 fully saturated rings. The van der Waals surface area contributed by atoms with Gasteiger partial charge in [-0.1, -0.05) is 30.3 Å². The van der Waals surface area contributed by atoms with Crippen LogP contribution in [0.1, 0.15) is 15.9 Å². The highest BCUT2D eigenvalue weighted by Gasteiger charge is 2.24. The van der Waals surface area contributed by atoms with E-state index < -0.39 is 0 Å². The second-order valence-corrected chi connectivity index (χ2v) is 4.92. The number of amides is 1. The van der Waals surface area contributed by atoms with Gasteiger partial charge < -0.3 is 0 Å². The predicted octanol–water partition coefficient (Wildman–Crippen LogP) is 2.92. The van der Waals surface area contributed by atoms with Crippen LogP contribution < -0.4 is 0 Å². The van der Waals surface area contributed by atoms with Gasteiger partial charge in [0.2, 0.25) is 0 Å². The zero-order chi connectivity index (χ0) is 14.7. The van der Waals surface area contributed by atoms with Gasteiger partial charge in [0.05, 0.1) is 6.54 Å². The van der Waals surface area contributed by atoms with Crippen LogP contribution in [0, 0.1) is 5.82 Å². The Balaban J connectivity index is 1.77. The van der Waals surface area contributed by atoms with Crippen LogP contribution >= 0.6 is 0 Å². The molecule has 0 unspecified atom stereocenters. The van der Waals surface area contributed by atoms with E-state index in [1.165, 1.54) is 24.3 Å². The minimum Gasteiger partial charge on any atom is -0.294 e. The van der Waals surface area contributed by atoms with Crippen molar-refractivity contribution in [3.8, 4) is 0 Å². The zero-order valence-corrected chi connectivity index (χ0v) is 11.5. The Labute approximate surface area is 122 Å². The molecular formula is C17H15FN2O. The molecule has 0 aliphatic carbocycles. The van der Waals surface area contributed by atoms with Crippen molar-refractivity contribution in [3.63, 3.8) is 0 Å². The van der Waals surface area contributed by atoms with Crippen LogP contribution in [0.2, 0.25) is 0 Å². The largest absolute Gasteiger partial charge is 0.294 e. The molecule has 1 amide bonds. The van der Waals surface area contributed by atoms with E-state index in [1.54, 1.807) is 4.90 Å². The SMILES string of the molecule is O=C(c1ccc(F)cc1)N1CCN=C1Cc1ccccc1. The van der Waals surface area contributed by atoms with Gasteiger partial charge in [0.15, 0.2) is 0 Å². The molecule has 0 radical (unpaired) electrons. The third-order valence-electron chi connectivity index (χ3n) is 3.47. The van der Waals surface area contributed by atoms with Crippen LogP contribution in [0.25, 0.3) is 0 Å². The fourth-order valence-electron chi connectivity index (χ4n) is 2.39. The van der Waals surface area contributed by atoms with Crippen LogP contribution in [0.4, 0.5) is 4.39 Å². The summed E-state index contributed by atoms with van der Waals surface area (Å²) in [4.78, 5) is 18.6. The van der Waals surface area contributed by atoms with Crippen molar-refractivity contribution in [1.29, 1.82) is 0 Å². The third kappa shape index (κ3) is 2.99. The summed E-state index contributed by atoms with van der Waals surface area (Å²) in [6.45, 7) is 1.20. The van der Waals surface area contributed by atoms with Crippen LogP contribution in [0.3, 0.4) is 0 Å². The summed E-state index contributed by atoms with van der Waals surface area (Å²) in [5, 5.41) is 0. The molecule has 0 N–H and O–H groups in total. The quantitative estimate of drug-likeness (QED) is 0.852. The summed E-state index contributed by atoms with van der Waals surface area (Å²) in [5.41, 5.74) is 1.61. The van der Waals surface area contributed by atoms with Crippen molar-refractivity contribution < 1.29 is 9.18 Å². The summed E-state index contributed by atoms with van der Waals surface area (Å²) in [7, 11) is 0. The summed E-state index contributed by atoms with van der Waals surface area (Å²) >= 11 is 0. The van der Waals surface area contributed by atoms with Gasteiger partial charge in [-0.2, -0.15) is 0 Å². The minimum absolute atomic E-state index is 0.123. The summed E-state index contributed by atoms with van der Waals surface area (Å²) in [6.07, 6.45) is 0.633. The van der Waals surface area contributed by atoms with Gasteiger partial charge >= 0.3 is 0 Å². The normalized spacial score (nSPS) is 14.1. The smallest absolute Gasteiger partial charge is 0.259 e. The van der Waals surface area contributed by atoms with Gasteiger partial charge in [0.25, 0.3) is 5.91 Å². The number of hydrogen-bond donors (Lipinski definition) is 0. The maximum Gasteiger partial charge on any atom is 0.259 e. The van der Waals surface area contributed by atoms with Crippen molar-refractivity contribution in [2.45, 2.75) is 6.42 Å². The highest BCUT2D eigenvalue weighted by atomic mass is 19.1. The lowest BCUT2D eigenvalue weighted by atomic mass is 10.1. The number of nitrogens with zero attached hydrogens (tertiary/aromatic N) is 2. The van der Waals surface area contributed by atoms with Crippen LogP contribution in [0.5, 0.6) is 0 Å². The lowest BCUT2D eigenvalue weighted by Crippen LogP contribution is -2.35. The number of carbonyl (C=O) groups excluding carboxylic acids is 1. The monoisotopic (exact) mass is 282 g/mol. The Morgan fingerprint density at radius 3 is 2.52 bits per heavy atom. The van der Waals surface area contributed by atoms with E-state index in [0.717, 1.165) is 11.4 Å². The van der Waals surface area contributed by atoms with E-state index >= 15 is 0 Å². The van der Waals surface area contributed by atoms with Gasteiger partial charge in [0, 0.05) is 18.5 Å². The molecule has 106 valence electrons. The van der Waals surface area contributed by atoms with Crippen molar-refractivity contribution >= 4 is 11.7 Å². The van der Waals surface area contributed by atoms with E-state index in [9.17, 15) is 9.18 Å². The topological polar surface area (TPSA) is 32.7 Å². The molecule has 0 aromatic heterocycles. The Morgan fingerprint density at radius 1 is 1.10 bits per heavy atom. The second-order valence-electron chi connectivity index (χ2n) is 4.92. The fourth-order valence-corrected chi connectivity index (χ4v) is 2.39. The van der Waals surface area contributed by atoms with Gasteiger partial charge in [0.1, 0.15) is 11.7 Å². The van der Waals surface area contributed by atoms with Crippen molar-refractivity contribution in [2.75, 3.05) is 13.1 Å².